The monoisotopic (exact) mass is 344 g/mol. The van der Waals surface area contributed by atoms with Crippen molar-refractivity contribution in [1.29, 1.82) is 0 Å². The SMILES string of the molecule is CC(=O)c1cc(CC(=O)N[C@@H]2COC[C@H]2Cc2ccncc2)cs1. The van der Waals surface area contributed by atoms with Crippen molar-refractivity contribution < 1.29 is 14.3 Å². The summed E-state index contributed by atoms with van der Waals surface area (Å²) >= 11 is 1.38. The van der Waals surface area contributed by atoms with Crippen LogP contribution in [0.1, 0.15) is 27.7 Å². The van der Waals surface area contributed by atoms with Crippen molar-refractivity contribution >= 4 is 23.0 Å². The van der Waals surface area contributed by atoms with E-state index in [0.29, 0.717) is 24.5 Å². The largest absolute Gasteiger partial charge is 0.379 e. The molecule has 0 aromatic carbocycles. The number of rotatable bonds is 6. The highest BCUT2D eigenvalue weighted by Gasteiger charge is 2.29. The number of nitrogens with one attached hydrogen (secondary N) is 1. The lowest BCUT2D eigenvalue weighted by atomic mass is 9.95. The molecule has 1 N–H and O–H groups in total. The minimum Gasteiger partial charge on any atom is -0.379 e. The average Bonchev–Trinajstić information content (AvgIpc) is 3.18. The van der Waals surface area contributed by atoms with Crippen molar-refractivity contribution in [2.75, 3.05) is 13.2 Å². The second-order valence-corrected chi connectivity index (χ2v) is 6.99. The third-order valence-corrected chi connectivity index (χ3v) is 5.24. The average molecular weight is 344 g/mol. The van der Waals surface area contributed by atoms with Crippen LogP contribution in [0, 0.1) is 5.92 Å². The van der Waals surface area contributed by atoms with Crippen LogP contribution in [-0.4, -0.2) is 35.9 Å². The summed E-state index contributed by atoms with van der Waals surface area (Å²) in [6, 6.07) is 5.81. The number of pyridine rings is 1. The van der Waals surface area contributed by atoms with Crippen LogP contribution in [0.5, 0.6) is 0 Å². The first-order valence-electron chi connectivity index (χ1n) is 7.96. The van der Waals surface area contributed by atoms with E-state index in [4.69, 9.17) is 4.74 Å². The Hall–Kier alpha value is -2.05. The van der Waals surface area contributed by atoms with Gasteiger partial charge in [0.1, 0.15) is 0 Å². The maximum absolute atomic E-state index is 12.3. The van der Waals surface area contributed by atoms with Gasteiger partial charge in [-0.25, -0.2) is 0 Å². The molecular weight excluding hydrogens is 324 g/mol. The number of hydrogen-bond donors (Lipinski definition) is 1. The fourth-order valence-electron chi connectivity index (χ4n) is 2.88. The van der Waals surface area contributed by atoms with Gasteiger partial charge in [-0.2, -0.15) is 0 Å². The summed E-state index contributed by atoms with van der Waals surface area (Å²) in [5.41, 5.74) is 2.08. The van der Waals surface area contributed by atoms with Gasteiger partial charge in [-0.3, -0.25) is 14.6 Å². The van der Waals surface area contributed by atoms with E-state index in [0.717, 1.165) is 12.0 Å². The molecule has 0 saturated carbocycles. The third kappa shape index (κ3) is 4.27. The highest BCUT2D eigenvalue weighted by Crippen LogP contribution is 2.20. The summed E-state index contributed by atoms with van der Waals surface area (Å²) in [5, 5.41) is 4.95. The van der Waals surface area contributed by atoms with Crippen molar-refractivity contribution in [3.05, 3.63) is 52.0 Å². The first-order valence-corrected chi connectivity index (χ1v) is 8.84. The maximum atomic E-state index is 12.3. The number of thiophene rings is 1. The van der Waals surface area contributed by atoms with E-state index < -0.39 is 0 Å². The number of ether oxygens (including phenoxy) is 1. The predicted molar refractivity (Wildman–Crippen MR) is 92.2 cm³/mol. The van der Waals surface area contributed by atoms with Gasteiger partial charge >= 0.3 is 0 Å². The summed E-state index contributed by atoms with van der Waals surface area (Å²) in [4.78, 5) is 28.3. The summed E-state index contributed by atoms with van der Waals surface area (Å²) in [6.45, 7) is 2.74. The third-order valence-electron chi connectivity index (χ3n) is 4.16. The molecule has 1 amide bonds. The summed E-state index contributed by atoms with van der Waals surface area (Å²) < 4.78 is 5.56. The van der Waals surface area contributed by atoms with E-state index in [1.54, 1.807) is 18.5 Å². The van der Waals surface area contributed by atoms with Gasteiger partial charge in [-0.15, -0.1) is 11.3 Å². The summed E-state index contributed by atoms with van der Waals surface area (Å²) in [5.74, 6) is 0.276. The van der Waals surface area contributed by atoms with Crippen LogP contribution < -0.4 is 5.32 Å². The molecule has 2 aromatic rings. The van der Waals surface area contributed by atoms with Crippen LogP contribution in [0.2, 0.25) is 0 Å². The van der Waals surface area contributed by atoms with Crippen molar-refractivity contribution in [1.82, 2.24) is 10.3 Å². The highest BCUT2D eigenvalue weighted by atomic mass is 32.1. The first-order chi connectivity index (χ1) is 11.6. The molecule has 1 fully saturated rings. The lowest BCUT2D eigenvalue weighted by Gasteiger charge is -2.19. The molecule has 126 valence electrons. The van der Waals surface area contributed by atoms with Crippen LogP contribution in [0.4, 0.5) is 0 Å². The van der Waals surface area contributed by atoms with E-state index in [2.05, 4.69) is 10.3 Å². The molecule has 3 rings (SSSR count). The van der Waals surface area contributed by atoms with Gasteiger partial charge in [0, 0.05) is 18.3 Å². The molecule has 2 atom stereocenters. The number of hydrogen-bond acceptors (Lipinski definition) is 5. The van der Waals surface area contributed by atoms with Crippen molar-refractivity contribution in [3.63, 3.8) is 0 Å². The van der Waals surface area contributed by atoms with Crippen LogP contribution in [0.3, 0.4) is 0 Å². The topological polar surface area (TPSA) is 68.3 Å². The van der Waals surface area contributed by atoms with Crippen LogP contribution in [0.25, 0.3) is 0 Å². The van der Waals surface area contributed by atoms with E-state index in [1.165, 1.54) is 23.8 Å². The quantitative estimate of drug-likeness (QED) is 0.816. The number of aromatic nitrogens is 1. The zero-order valence-electron chi connectivity index (χ0n) is 13.5. The molecule has 24 heavy (non-hydrogen) atoms. The molecule has 0 unspecified atom stereocenters. The highest BCUT2D eigenvalue weighted by molar-refractivity contribution is 7.12. The van der Waals surface area contributed by atoms with Crippen molar-refractivity contribution in [3.8, 4) is 0 Å². The maximum Gasteiger partial charge on any atom is 0.224 e. The Morgan fingerprint density at radius 2 is 2.08 bits per heavy atom. The van der Waals surface area contributed by atoms with E-state index >= 15 is 0 Å². The smallest absolute Gasteiger partial charge is 0.224 e. The Kier molecular flexibility index (Phi) is 5.37. The van der Waals surface area contributed by atoms with E-state index in [1.807, 2.05) is 17.5 Å². The van der Waals surface area contributed by atoms with Crippen LogP contribution >= 0.6 is 11.3 Å². The molecule has 0 bridgehead atoms. The molecule has 0 radical (unpaired) electrons. The number of amides is 1. The fraction of sp³-hybridized carbons (Fsp3) is 0.389. The minimum absolute atomic E-state index is 0.0246. The van der Waals surface area contributed by atoms with Gasteiger partial charge in [0.2, 0.25) is 5.91 Å². The Morgan fingerprint density at radius 1 is 1.29 bits per heavy atom. The minimum atomic E-state index is -0.0295. The van der Waals surface area contributed by atoms with Gasteiger partial charge in [-0.05, 0) is 48.1 Å². The zero-order chi connectivity index (χ0) is 16.9. The van der Waals surface area contributed by atoms with Gasteiger partial charge in [-0.1, -0.05) is 0 Å². The number of ketones is 1. The second kappa shape index (κ2) is 7.68. The van der Waals surface area contributed by atoms with Crippen LogP contribution in [0.15, 0.2) is 36.0 Å². The molecule has 1 aliphatic heterocycles. The Bertz CT molecular complexity index is 714. The van der Waals surface area contributed by atoms with Gasteiger partial charge in [0.25, 0.3) is 0 Å². The molecule has 0 aliphatic carbocycles. The molecule has 2 aromatic heterocycles. The van der Waals surface area contributed by atoms with Crippen molar-refractivity contribution in [2.45, 2.75) is 25.8 Å². The predicted octanol–water partition coefficient (Wildman–Crippen LogP) is 2.26. The Labute approximate surface area is 145 Å². The summed E-state index contributed by atoms with van der Waals surface area (Å²) in [6.07, 6.45) is 4.71. The van der Waals surface area contributed by atoms with E-state index in [9.17, 15) is 9.59 Å². The molecule has 5 nitrogen and oxygen atoms in total. The summed E-state index contributed by atoms with van der Waals surface area (Å²) in [7, 11) is 0. The van der Waals surface area contributed by atoms with Gasteiger partial charge in [0.15, 0.2) is 5.78 Å². The lowest BCUT2D eigenvalue weighted by Crippen LogP contribution is -2.41. The molecule has 0 spiro atoms. The fourth-order valence-corrected chi connectivity index (χ4v) is 3.69. The second-order valence-electron chi connectivity index (χ2n) is 6.08. The Morgan fingerprint density at radius 3 is 2.79 bits per heavy atom. The zero-order valence-corrected chi connectivity index (χ0v) is 14.3. The van der Waals surface area contributed by atoms with Crippen molar-refractivity contribution in [2.24, 2.45) is 5.92 Å². The first kappa shape index (κ1) is 16.8. The number of nitrogens with zero attached hydrogens (tertiary/aromatic N) is 1. The van der Waals surface area contributed by atoms with Crippen LogP contribution in [-0.2, 0) is 22.4 Å². The number of carbonyl (C=O) groups excluding carboxylic acids is 2. The van der Waals surface area contributed by atoms with Gasteiger partial charge < -0.3 is 10.1 Å². The lowest BCUT2D eigenvalue weighted by molar-refractivity contribution is -0.121. The molecule has 6 heteroatoms. The Balaban J connectivity index is 1.55. The number of Topliss-reactive ketones (excluding diaryl/α,β-unsaturated/α-hetero) is 1. The van der Waals surface area contributed by atoms with Gasteiger partial charge in [0.05, 0.1) is 30.6 Å². The standard InChI is InChI=1S/C18H20N2O3S/c1-12(21)17-7-14(11-24-17)8-18(22)20-16-10-23-9-15(16)6-13-2-4-19-5-3-13/h2-5,7,11,15-16H,6,8-10H2,1H3,(H,20,22)/t15-,16-/m1/s1. The molecule has 3 heterocycles. The number of carbonyl (C=O) groups is 2. The molecule has 1 saturated heterocycles. The molecular formula is C18H20N2O3S. The normalized spacial score (nSPS) is 20.0. The van der Waals surface area contributed by atoms with E-state index in [-0.39, 0.29) is 23.7 Å². The molecule has 1 aliphatic rings.